The van der Waals surface area contributed by atoms with Crippen molar-refractivity contribution in [3.63, 3.8) is 0 Å². The molecule has 0 saturated carbocycles. The average Bonchev–Trinajstić information content (AvgIpc) is 2.26. The second kappa shape index (κ2) is 7.82. The number of hydrogen-bond acceptors (Lipinski definition) is 4. The molecule has 2 unspecified atom stereocenters. The van der Waals surface area contributed by atoms with Gasteiger partial charge in [0, 0.05) is 0 Å². The molecule has 0 aromatic rings. The van der Waals surface area contributed by atoms with Gasteiger partial charge in [0.2, 0.25) is 0 Å². The van der Waals surface area contributed by atoms with Crippen molar-refractivity contribution in [3.05, 3.63) is 0 Å². The van der Waals surface area contributed by atoms with Gasteiger partial charge in [-0.1, -0.05) is 31.3 Å². The number of hydrogen-bond donors (Lipinski definition) is 2. The Morgan fingerprint density at radius 2 is 2.06 bits per heavy atom. The Kier molecular flexibility index (Phi) is 7.64. The summed E-state index contributed by atoms with van der Waals surface area (Å²) in [5, 5.41) is 11.4. The molecule has 0 aliphatic heterocycles. The number of oxime groups is 1. The maximum Gasteiger partial charge on any atom is 0.336 e. The smallest absolute Gasteiger partial charge is 0.336 e. The molecule has 0 aromatic carbocycles. The van der Waals surface area contributed by atoms with E-state index in [1.807, 2.05) is 0 Å². The molecule has 96 valence electrons. The zero-order valence-corrected chi connectivity index (χ0v) is 11.1. The normalized spacial score (nSPS) is 18.1. The van der Waals surface area contributed by atoms with E-state index in [1.165, 1.54) is 13.8 Å². The Morgan fingerprint density at radius 1 is 1.44 bits per heavy atom. The van der Waals surface area contributed by atoms with Crippen molar-refractivity contribution in [2.75, 3.05) is 6.61 Å². The van der Waals surface area contributed by atoms with E-state index >= 15 is 0 Å². The number of unbranched alkanes of at least 4 members (excludes halogenated alkanes) is 3. The fourth-order valence-corrected chi connectivity index (χ4v) is 2.29. The second-order valence-electron chi connectivity index (χ2n) is 3.88. The van der Waals surface area contributed by atoms with Gasteiger partial charge >= 0.3 is 7.60 Å². The first-order valence-electron chi connectivity index (χ1n) is 5.61. The van der Waals surface area contributed by atoms with E-state index in [2.05, 4.69) is 12.1 Å². The van der Waals surface area contributed by atoms with Crippen LogP contribution in [-0.4, -0.2) is 28.1 Å². The zero-order valence-electron chi connectivity index (χ0n) is 10.2. The molecule has 6 heteroatoms. The van der Waals surface area contributed by atoms with E-state index in [-0.39, 0.29) is 12.3 Å². The molecule has 0 radical (unpaired) electrons. The minimum atomic E-state index is -3.70. The van der Waals surface area contributed by atoms with Gasteiger partial charge in [0.15, 0.2) is 0 Å². The third kappa shape index (κ3) is 5.64. The van der Waals surface area contributed by atoms with E-state index < -0.39 is 13.3 Å². The maximum absolute atomic E-state index is 11.7. The van der Waals surface area contributed by atoms with Gasteiger partial charge in [-0.2, -0.15) is 0 Å². The minimum absolute atomic E-state index is 0.208. The molecule has 0 fully saturated rings. The SMILES string of the molecule is CCCCCCOP(=O)(O)C(C)C(C)=NO. The molecule has 0 bridgehead atoms. The summed E-state index contributed by atoms with van der Waals surface area (Å²) < 4.78 is 16.7. The van der Waals surface area contributed by atoms with Crippen molar-refractivity contribution in [2.24, 2.45) is 5.16 Å². The molecule has 2 atom stereocenters. The molecule has 5 nitrogen and oxygen atoms in total. The molecule has 0 amide bonds. The van der Waals surface area contributed by atoms with Crippen molar-refractivity contribution in [1.29, 1.82) is 0 Å². The third-order valence-corrected chi connectivity index (χ3v) is 4.43. The molecule has 0 rings (SSSR count). The van der Waals surface area contributed by atoms with Crippen LogP contribution in [0.15, 0.2) is 5.16 Å². The van der Waals surface area contributed by atoms with Gasteiger partial charge < -0.3 is 14.6 Å². The fourth-order valence-electron chi connectivity index (χ4n) is 1.16. The maximum atomic E-state index is 11.7. The molecule has 0 spiro atoms. The predicted molar refractivity (Wildman–Crippen MR) is 64.3 cm³/mol. The summed E-state index contributed by atoms with van der Waals surface area (Å²) in [5.74, 6) is 0. The van der Waals surface area contributed by atoms with Crippen LogP contribution < -0.4 is 0 Å². The van der Waals surface area contributed by atoms with Crippen LogP contribution >= 0.6 is 7.60 Å². The van der Waals surface area contributed by atoms with Gasteiger partial charge in [0.05, 0.1) is 18.0 Å². The molecule has 16 heavy (non-hydrogen) atoms. The summed E-state index contributed by atoms with van der Waals surface area (Å²) >= 11 is 0. The van der Waals surface area contributed by atoms with Gasteiger partial charge in [-0.3, -0.25) is 4.57 Å². The topological polar surface area (TPSA) is 79.1 Å². The highest BCUT2D eigenvalue weighted by Gasteiger charge is 2.30. The van der Waals surface area contributed by atoms with Crippen LogP contribution in [0.3, 0.4) is 0 Å². The van der Waals surface area contributed by atoms with Crippen molar-refractivity contribution in [1.82, 2.24) is 0 Å². The van der Waals surface area contributed by atoms with Crippen LogP contribution in [0.2, 0.25) is 0 Å². The van der Waals surface area contributed by atoms with Gasteiger partial charge in [0.25, 0.3) is 0 Å². The lowest BCUT2D eigenvalue weighted by Crippen LogP contribution is -2.16. The summed E-state index contributed by atoms with van der Waals surface area (Å²) in [6.07, 6.45) is 3.99. The molecule has 0 aromatic heterocycles. The van der Waals surface area contributed by atoms with E-state index in [1.54, 1.807) is 0 Å². The molecule has 0 saturated heterocycles. The van der Waals surface area contributed by atoms with Crippen LogP contribution in [0, 0.1) is 0 Å². The van der Waals surface area contributed by atoms with Gasteiger partial charge in [-0.05, 0) is 20.3 Å². The van der Waals surface area contributed by atoms with Crippen molar-refractivity contribution < 1.29 is 19.2 Å². The standard InChI is InChI=1S/C10H22NO4P/c1-4-5-6-7-8-15-16(13,14)10(3)9(2)11-12/h10,12H,4-8H2,1-3H3,(H,13,14). The highest BCUT2D eigenvalue weighted by molar-refractivity contribution is 7.54. The molecular formula is C10H22NO4P. The lowest BCUT2D eigenvalue weighted by atomic mass is 10.2. The molecule has 0 aliphatic carbocycles. The van der Waals surface area contributed by atoms with E-state index in [0.29, 0.717) is 0 Å². The van der Waals surface area contributed by atoms with Gasteiger partial charge in [-0.25, -0.2) is 0 Å². The molecule has 2 N–H and O–H groups in total. The lowest BCUT2D eigenvalue weighted by Gasteiger charge is -2.18. The van der Waals surface area contributed by atoms with Crippen LogP contribution in [0.5, 0.6) is 0 Å². The van der Waals surface area contributed by atoms with E-state index in [4.69, 9.17) is 9.73 Å². The number of rotatable bonds is 8. The monoisotopic (exact) mass is 251 g/mol. The van der Waals surface area contributed by atoms with Crippen molar-refractivity contribution in [3.8, 4) is 0 Å². The van der Waals surface area contributed by atoms with E-state index in [0.717, 1.165) is 25.7 Å². The van der Waals surface area contributed by atoms with Gasteiger partial charge in [0.1, 0.15) is 0 Å². The van der Waals surface area contributed by atoms with Crippen LogP contribution in [-0.2, 0) is 9.09 Å². The van der Waals surface area contributed by atoms with Crippen molar-refractivity contribution in [2.45, 2.75) is 52.1 Å². The average molecular weight is 251 g/mol. The summed E-state index contributed by atoms with van der Waals surface area (Å²) in [6, 6.07) is 0. The fraction of sp³-hybridized carbons (Fsp3) is 0.900. The van der Waals surface area contributed by atoms with Crippen LogP contribution in [0.25, 0.3) is 0 Å². The molecule has 0 heterocycles. The summed E-state index contributed by atoms with van der Waals surface area (Å²) in [4.78, 5) is 9.58. The van der Waals surface area contributed by atoms with E-state index in [9.17, 15) is 9.46 Å². The first kappa shape index (κ1) is 15.6. The first-order chi connectivity index (χ1) is 7.45. The quantitative estimate of drug-likeness (QED) is 0.228. The lowest BCUT2D eigenvalue weighted by molar-refractivity contribution is 0.249. The Labute approximate surface area is 97.0 Å². The summed E-state index contributed by atoms with van der Waals surface area (Å²) in [5.41, 5.74) is -0.553. The summed E-state index contributed by atoms with van der Waals surface area (Å²) in [7, 11) is -3.70. The zero-order chi connectivity index (χ0) is 12.6. The largest absolute Gasteiger partial charge is 0.411 e. The summed E-state index contributed by atoms with van der Waals surface area (Å²) in [6.45, 7) is 5.38. The van der Waals surface area contributed by atoms with Crippen LogP contribution in [0.1, 0.15) is 46.5 Å². The predicted octanol–water partition coefficient (Wildman–Crippen LogP) is 3.01. The first-order valence-corrected chi connectivity index (χ1v) is 7.26. The highest BCUT2D eigenvalue weighted by atomic mass is 31.2. The third-order valence-electron chi connectivity index (χ3n) is 2.53. The minimum Gasteiger partial charge on any atom is -0.411 e. The Morgan fingerprint density at radius 3 is 2.56 bits per heavy atom. The Hall–Kier alpha value is -0.380. The Balaban J connectivity index is 4.00. The van der Waals surface area contributed by atoms with Gasteiger partial charge in [-0.15, -0.1) is 0 Å². The highest BCUT2D eigenvalue weighted by Crippen LogP contribution is 2.47. The molecule has 0 aliphatic rings. The van der Waals surface area contributed by atoms with Crippen LogP contribution in [0.4, 0.5) is 0 Å². The van der Waals surface area contributed by atoms with Crippen molar-refractivity contribution >= 4 is 13.3 Å². The Bertz CT molecular complexity index is 268. The number of nitrogens with zero attached hydrogens (tertiary/aromatic N) is 1. The second-order valence-corrected chi connectivity index (χ2v) is 6.04. The molecular weight excluding hydrogens is 229 g/mol.